The molecule has 35 heavy (non-hydrogen) atoms. The maximum absolute atomic E-state index is 15.8. The van der Waals surface area contributed by atoms with Crippen molar-refractivity contribution in [3.63, 3.8) is 0 Å². The Labute approximate surface area is 203 Å². The van der Waals surface area contributed by atoms with Crippen LogP contribution in [0, 0.1) is 11.6 Å². The van der Waals surface area contributed by atoms with Gasteiger partial charge in [-0.3, -0.25) is 9.98 Å². The van der Waals surface area contributed by atoms with Crippen LogP contribution in [0.1, 0.15) is 32.8 Å². The highest BCUT2D eigenvalue weighted by atomic mass is 19.1. The normalized spacial score (nSPS) is 20.2. The number of nitrogens with zero attached hydrogens (tertiary/aromatic N) is 6. The number of halogens is 2. The third-order valence-electron chi connectivity index (χ3n) is 7.44. The average molecular weight is 478 g/mol. The van der Waals surface area contributed by atoms with Crippen molar-refractivity contribution in [3.05, 3.63) is 47.7 Å². The summed E-state index contributed by atoms with van der Waals surface area (Å²) in [4.78, 5) is 21.7. The van der Waals surface area contributed by atoms with Crippen molar-refractivity contribution in [2.45, 2.75) is 32.6 Å². The number of hydrogen-bond acceptors (Lipinski definition) is 7. The highest BCUT2D eigenvalue weighted by Gasteiger charge is 2.37. The molecule has 0 bridgehead atoms. The molecule has 4 heterocycles. The lowest BCUT2D eigenvalue weighted by Gasteiger charge is -2.33. The molecule has 0 aliphatic carbocycles. The van der Waals surface area contributed by atoms with Gasteiger partial charge in [0.05, 0.1) is 17.6 Å². The van der Waals surface area contributed by atoms with Gasteiger partial charge in [-0.15, -0.1) is 0 Å². The Balaban J connectivity index is 1.53. The minimum absolute atomic E-state index is 0.0102. The van der Waals surface area contributed by atoms with Crippen LogP contribution in [0.4, 0.5) is 26.1 Å². The van der Waals surface area contributed by atoms with Crippen molar-refractivity contribution in [2.75, 3.05) is 43.9 Å². The minimum Gasteiger partial charge on any atom is -0.368 e. The molecule has 5 rings (SSSR count). The molecule has 7 nitrogen and oxygen atoms in total. The largest absolute Gasteiger partial charge is 0.368 e. The van der Waals surface area contributed by atoms with Crippen molar-refractivity contribution < 1.29 is 8.78 Å². The number of nitrogen functional groups attached to an aromatic ring is 1. The summed E-state index contributed by atoms with van der Waals surface area (Å²) in [5.74, 6) is -1.30. The summed E-state index contributed by atoms with van der Waals surface area (Å²) in [7, 11) is 2.10. The molecule has 9 heteroatoms. The Hall–Kier alpha value is -3.46. The zero-order chi connectivity index (χ0) is 24.9. The molecule has 1 fully saturated rings. The topological polar surface area (TPSA) is 83.5 Å². The molecule has 2 aromatic heterocycles. The first-order valence-electron chi connectivity index (χ1n) is 11.8. The summed E-state index contributed by atoms with van der Waals surface area (Å²) in [6.07, 6.45) is 2.46. The standard InChI is InChI=1S/C26H29F2N7/c1-5-26(3)15(2)31-23-18(26)12-16(13-19(23)27)22-21(28)24(33-25(29)32-22)20-7-6-17(14-30-20)35-10-8-34(4)9-11-35/h6-7,12-14H,5,8-11H2,1-4H3,(H2,29,32,33). The van der Waals surface area contributed by atoms with E-state index in [0.29, 0.717) is 16.9 Å². The number of hydrogen-bond donors (Lipinski definition) is 1. The fraction of sp³-hybridized carbons (Fsp3) is 0.385. The van der Waals surface area contributed by atoms with Gasteiger partial charge in [0.2, 0.25) is 5.95 Å². The lowest BCUT2D eigenvalue weighted by atomic mass is 9.77. The number of fused-ring (bicyclic) bond motifs is 1. The SMILES string of the molecule is CCC1(C)C(C)=Nc2c(F)cc(-c3nc(N)nc(-c4ccc(N5CCN(C)CC5)cn4)c3F)cc21. The van der Waals surface area contributed by atoms with Crippen LogP contribution in [0.2, 0.25) is 0 Å². The first-order chi connectivity index (χ1) is 16.7. The van der Waals surface area contributed by atoms with Gasteiger partial charge < -0.3 is 15.5 Å². The molecule has 2 aliphatic heterocycles. The van der Waals surface area contributed by atoms with E-state index in [1.165, 1.54) is 6.07 Å². The summed E-state index contributed by atoms with van der Waals surface area (Å²) < 4.78 is 30.8. The zero-order valence-corrected chi connectivity index (χ0v) is 20.4. The highest BCUT2D eigenvalue weighted by molar-refractivity contribution is 6.00. The second kappa shape index (κ2) is 8.64. The predicted octanol–water partition coefficient (Wildman–Crippen LogP) is 4.59. The lowest BCUT2D eigenvalue weighted by Crippen LogP contribution is -2.44. The molecule has 1 atom stereocenters. The summed E-state index contributed by atoms with van der Waals surface area (Å²) >= 11 is 0. The number of rotatable bonds is 4. The van der Waals surface area contributed by atoms with Gasteiger partial charge in [0.1, 0.15) is 22.9 Å². The van der Waals surface area contributed by atoms with Crippen LogP contribution >= 0.6 is 0 Å². The molecule has 1 saturated heterocycles. The van der Waals surface area contributed by atoms with Crippen LogP contribution < -0.4 is 10.6 Å². The number of pyridine rings is 1. The monoisotopic (exact) mass is 477 g/mol. The summed E-state index contributed by atoms with van der Waals surface area (Å²) in [5, 5.41) is 0. The lowest BCUT2D eigenvalue weighted by molar-refractivity contribution is 0.313. The van der Waals surface area contributed by atoms with Crippen molar-refractivity contribution in [1.29, 1.82) is 0 Å². The molecular weight excluding hydrogens is 448 g/mol. The Morgan fingerprint density at radius 2 is 1.77 bits per heavy atom. The van der Waals surface area contributed by atoms with Crippen LogP contribution in [0.5, 0.6) is 0 Å². The molecule has 3 aromatic rings. The fourth-order valence-electron chi connectivity index (χ4n) is 4.81. The van der Waals surface area contributed by atoms with Gasteiger partial charge in [-0.2, -0.15) is 0 Å². The van der Waals surface area contributed by atoms with Crippen LogP contribution in [0.3, 0.4) is 0 Å². The molecular formula is C26H29F2N7. The molecule has 1 unspecified atom stereocenters. The molecule has 0 saturated carbocycles. The molecule has 182 valence electrons. The number of nitrogens with two attached hydrogens (primary N) is 1. The Bertz CT molecular complexity index is 1310. The van der Waals surface area contributed by atoms with E-state index < -0.39 is 17.0 Å². The van der Waals surface area contributed by atoms with Crippen molar-refractivity contribution in [2.24, 2.45) is 4.99 Å². The third-order valence-corrected chi connectivity index (χ3v) is 7.44. The van der Waals surface area contributed by atoms with E-state index in [4.69, 9.17) is 5.73 Å². The fourth-order valence-corrected chi connectivity index (χ4v) is 4.81. The third kappa shape index (κ3) is 3.93. The number of anilines is 2. The number of benzene rings is 1. The van der Waals surface area contributed by atoms with Crippen LogP contribution in [-0.4, -0.2) is 58.8 Å². The van der Waals surface area contributed by atoms with Gasteiger partial charge >= 0.3 is 0 Å². The van der Waals surface area contributed by atoms with E-state index >= 15 is 8.78 Å². The van der Waals surface area contributed by atoms with E-state index in [1.54, 1.807) is 18.3 Å². The van der Waals surface area contributed by atoms with E-state index in [-0.39, 0.29) is 17.3 Å². The second-order valence-electron chi connectivity index (χ2n) is 9.52. The van der Waals surface area contributed by atoms with Crippen molar-refractivity contribution in [3.8, 4) is 22.6 Å². The minimum atomic E-state index is -0.688. The first-order valence-corrected chi connectivity index (χ1v) is 11.8. The Morgan fingerprint density at radius 3 is 2.43 bits per heavy atom. The van der Waals surface area contributed by atoms with Crippen LogP contribution in [0.25, 0.3) is 22.6 Å². The van der Waals surface area contributed by atoms with Gasteiger partial charge in [-0.25, -0.2) is 18.7 Å². The average Bonchev–Trinajstić information content (AvgIpc) is 3.12. The van der Waals surface area contributed by atoms with E-state index in [9.17, 15) is 0 Å². The summed E-state index contributed by atoms with van der Waals surface area (Å²) in [6.45, 7) is 9.69. The molecule has 2 N–H and O–H groups in total. The van der Waals surface area contributed by atoms with Gasteiger partial charge in [-0.1, -0.05) is 13.8 Å². The smallest absolute Gasteiger partial charge is 0.221 e. The van der Waals surface area contributed by atoms with Gasteiger partial charge in [-0.05, 0) is 50.2 Å². The first kappa shape index (κ1) is 23.3. The quantitative estimate of drug-likeness (QED) is 0.592. The number of aliphatic imine (C=N–C) groups is 1. The molecule has 2 aliphatic rings. The highest BCUT2D eigenvalue weighted by Crippen LogP contribution is 2.45. The Morgan fingerprint density at radius 1 is 1.06 bits per heavy atom. The van der Waals surface area contributed by atoms with E-state index in [1.807, 2.05) is 26.8 Å². The molecule has 0 amide bonds. The van der Waals surface area contributed by atoms with Crippen LogP contribution in [0.15, 0.2) is 35.5 Å². The van der Waals surface area contributed by atoms with Gasteiger partial charge in [0.15, 0.2) is 5.82 Å². The van der Waals surface area contributed by atoms with Crippen molar-refractivity contribution in [1.82, 2.24) is 19.9 Å². The van der Waals surface area contributed by atoms with Crippen molar-refractivity contribution >= 4 is 23.0 Å². The number of likely N-dealkylation sites (N-methyl/N-ethyl adjacent to an activating group) is 1. The van der Waals surface area contributed by atoms with E-state index in [2.05, 4.69) is 36.8 Å². The summed E-state index contributed by atoms with van der Waals surface area (Å²) in [6, 6.07) is 6.67. The molecule has 0 radical (unpaired) electrons. The van der Waals surface area contributed by atoms with Gasteiger partial charge in [0, 0.05) is 42.9 Å². The zero-order valence-electron chi connectivity index (χ0n) is 20.4. The number of piperazine rings is 1. The molecule has 0 spiro atoms. The molecule has 1 aromatic carbocycles. The second-order valence-corrected chi connectivity index (χ2v) is 9.52. The predicted molar refractivity (Wildman–Crippen MR) is 135 cm³/mol. The maximum Gasteiger partial charge on any atom is 0.221 e. The summed E-state index contributed by atoms with van der Waals surface area (Å²) in [5.41, 5.74) is 8.95. The van der Waals surface area contributed by atoms with Crippen LogP contribution in [-0.2, 0) is 5.41 Å². The maximum atomic E-state index is 15.8. The van der Waals surface area contributed by atoms with Gasteiger partial charge in [0.25, 0.3) is 0 Å². The Kier molecular flexibility index (Phi) is 5.75. The number of aromatic nitrogens is 3. The van der Waals surface area contributed by atoms with E-state index in [0.717, 1.165) is 49.6 Å².